The quantitative estimate of drug-likeness (QED) is 0.339. The van der Waals surface area contributed by atoms with Gasteiger partial charge in [0.1, 0.15) is 22.3 Å². The molecule has 3 aromatic rings. The fourth-order valence-electron chi connectivity index (χ4n) is 2.71. The van der Waals surface area contributed by atoms with Gasteiger partial charge in [-0.1, -0.05) is 18.2 Å². The van der Waals surface area contributed by atoms with Crippen LogP contribution < -0.4 is 4.18 Å². The summed E-state index contributed by atoms with van der Waals surface area (Å²) in [7, 11) is -4.12. The lowest BCUT2D eigenvalue weighted by Gasteiger charge is -2.07. The maximum absolute atomic E-state index is 13.4. The van der Waals surface area contributed by atoms with Crippen LogP contribution in [-0.4, -0.2) is 20.3 Å². The van der Waals surface area contributed by atoms with Gasteiger partial charge in [-0.25, -0.2) is 18.6 Å². The molecule has 4 rings (SSSR count). The first-order valence-electron chi connectivity index (χ1n) is 8.89. The van der Waals surface area contributed by atoms with Gasteiger partial charge in [0.05, 0.1) is 0 Å². The zero-order valence-electron chi connectivity index (χ0n) is 15.7. The maximum Gasteiger partial charge on any atom is 0.363 e. The molecule has 0 aromatic heterocycles. The number of ether oxygens (including phenoxy) is 1. The van der Waals surface area contributed by atoms with Crippen molar-refractivity contribution in [2.75, 3.05) is 0 Å². The Kier molecular flexibility index (Phi) is 5.35. The van der Waals surface area contributed by atoms with Crippen molar-refractivity contribution in [2.24, 2.45) is 4.99 Å². The van der Waals surface area contributed by atoms with E-state index in [9.17, 15) is 22.0 Å². The highest BCUT2D eigenvalue weighted by Crippen LogP contribution is 2.23. The molecule has 0 bridgehead atoms. The molecular weight excluding hydrogens is 428 g/mol. The second-order valence-corrected chi connectivity index (χ2v) is 7.95. The van der Waals surface area contributed by atoms with E-state index in [2.05, 4.69) is 4.99 Å². The molecule has 156 valence electrons. The monoisotopic (exact) mass is 441 g/mol. The van der Waals surface area contributed by atoms with Crippen LogP contribution in [0.25, 0.3) is 6.08 Å². The average molecular weight is 441 g/mol. The van der Waals surface area contributed by atoms with Gasteiger partial charge >= 0.3 is 16.1 Å². The number of carbonyl (C=O) groups excluding carboxylic acids is 1. The van der Waals surface area contributed by atoms with Gasteiger partial charge in [-0.15, -0.1) is 0 Å². The van der Waals surface area contributed by atoms with E-state index in [0.717, 1.165) is 24.3 Å². The number of rotatable bonds is 5. The van der Waals surface area contributed by atoms with Gasteiger partial charge in [0.15, 0.2) is 5.70 Å². The summed E-state index contributed by atoms with van der Waals surface area (Å²) in [5, 5.41) is 0. The molecule has 0 fully saturated rings. The topological polar surface area (TPSA) is 82.0 Å². The normalized spacial score (nSPS) is 15.0. The first-order chi connectivity index (χ1) is 14.8. The molecular formula is C22H13F2NO5S. The molecule has 0 saturated heterocycles. The van der Waals surface area contributed by atoms with Gasteiger partial charge < -0.3 is 8.92 Å². The van der Waals surface area contributed by atoms with Crippen LogP contribution in [0.2, 0.25) is 0 Å². The highest BCUT2D eigenvalue weighted by molar-refractivity contribution is 7.87. The molecule has 0 amide bonds. The molecule has 31 heavy (non-hydrogen) atoms. The van der Waals surface area contributed by atoms with Gasteiger partial charge in [0, 0.05) is 5.56 Å². The molecule has 1 aliphatic heterocycles. The Bertz CT molecular complexity index is 1310. The molecule has 1 heterocycles. The smallest absolute Gasteiger partial charge is 0.363 e. The Morgan fingerprint density at radius 2 is 1.61 bits per heavy atom. The summed E-state index contributed by atoms with van der Waals surface area (Å²) in [6, 6.07) is 15.6. The third-order valence-corrected chi connectivity index (χ3v) is 5.45. The predicted molar refractivity (Wildman–Crippen MR) is 108 cm³/mol. The molecule has 9 heteroatoms. The molecule has 6 nitrogen and oxygen atoms in total. The van der Waals surface area contributed by atoms with Crippen molar-refractivity contribution in [3.05, 3.63) is 101 Å². The number of hydrogen-bond donors (Lipinski definition) is 0. The van der Waals surface area contributed by atoms with E-state index >= 15 is 0 Å². The van der Waals surface area contributed by atoms with E-state index in [1.807, 2.05) is 0 Å². The summed E-state index contributed by atoms with van der Waals surface area (Å²) >= 11 is 0. The minimum atomic E-state index is -4.12. The molecule has 3 aromatic carbocycles. The van der Waals surface area contributed by atoms with Gasteiger partial charge in [-0.3, -0.25) is 0 Å². The number of nitrogens with zero attached hydrogens (tertiary/aromatic N) is 1. The van der Waals surface area contributed by atoms with E-state index in [0.29, 0.717) is 11.1 Å². The Hall–Kier alpha value is -3.85. The first-order valence-corrected chi connectivity index (χ1v) is 10.3. The Labute approximate surface area is 176 Å². The van der Waals surface area contributed by atoms with Crippen LogP contribution in [-0.2, 0) is 19.6 Å². The fourth-order valence-corrected chi connectivity index (χ4v) is 3.64. The molecule has 0 unspecified atom stereocenters. The standard InChI is InChI=1S/C22H13F2NO5S/c23-16-6-10-19(11-7-16)31(27,28)30-18-8-4-14(5-9-18)12-20-22(26)29-21(25-20)15-2-1-3-17(24)13-15/h1-13H. The molecule has 0 N–H and O–H groups in total. The van der Waals surface area contributed by atoms with Crippen LogP contribution in [0, 0.1) is 11.6 Å². The zero-order chi connectivity index (χ0) is 22.0. The summed E-state index contributed by atoms with van der Waals surface area (Å²) in [6.07, 6.45) is 1.44. The van der Waals surface area contributed by atoms with Crippen LogP contribution in [0.3, 0.4) is 0 Å². The van der Waals surface area contributed by atoms with Crippen LogP contribution in [0.5, 0.6) is 5.75 Å². The number of hydrogen-bond acceptors (Lipinski definition) is 6. The lowest BCUT2D eigenvalue weighted by molar-refractivity contribution is -0.129. The second kappa shape index (κ2) is 8.11. The number of cyclic esters (lactones) is 1. The maximum atomic E-state index is 13.4. The number of benzene rings is 3. The first kappa shape index (κ1) is 20.4. The zero-order valence-corrected chi connectivity index (χ0v) is 16.5. The van der Waals surface area contributed by atoms with Crippen LogP contribution in [0.4, 0.5) is 8.78 Å². The van der Waals surface area contributed by atoms with E-state index in [-0.39, 0.29) is 22.2 Å². The largest absolute Gasteiger partial charge is 0.402 e. The Morgan fingerprint density at radius 3 is 2.29 bits per heavy atom. The number of carbonyl (C=O) groups is 1. The fraction of sp³-hybridized carbons (Fsp3) is 0. The van der Waals surface area contributed by atoms with Crippen molar-refractivity contribution in [1.29, 1.82) is 0 Å². The van der Waals surface area contributed by atoms with E-state index in [4.69, 9.17) is 8.92 Å². The summed E-state index contributed by atoms with van der Waals surface area (Å²) in [5.41, 5.74) is 0.862. The average Bonchev–Trinajstić information content (AvgIpc) is 3.10. The lowest BCUT2D eigenvalue weighted by atomic mass is 10.2. The van der Waals surface area contributed by atoms with Gasteiger partial charge in [-0.05, 0) is 66.2 Å². The van der Waals surface area contributed by atoms with Gasteiger partial charge in [0.2, 0.25) is 5.90 Å². The van der Waals surface area contributed by atoms with Crippen molar-refractivity contribution in [3.63, 3.8) is 0 Å². The Morgan fingerprint density at radius 1 is 0.903 bits per heavy atom. The minimum absolute atomic E-state index is 0.00635. The Balaban J connectivity index is 1.52. The predicted octanol–water partition coefficient (Wildman–Crippen LogP) is 4.08. The number of halogens is 2. The highest BCUT2D eigenvalue weighted by Gasteiger charge is 2.24. The molecule has 0 saturated carbocycles. The molecule has 0 atom stereocenters. The van der Waals surface area contributed by atoms with Crippen molar-refractivity contribution < 1.29 is 30.9 Å². The van der Waals surface area contributed by atoms with Crippen molar-refractivity contribution in [2.45, 2.75) is 4.90 Å². The van der Waals surface area contributed by atoms with Crippen LogP contribution in [0.1, 0.15) is 11.1 Å². The SMILES string of the molecule is O=C1OC(c2cccc(F)c2)=NC1=Cc1ccc(OS(=O)(=O)c2ccc(F)cc2)cc1. The molecule has 0 radical (unpaired) electrons. The van der Waals surface area contributed by atoms with E-state index in [1.165, 1.54) is 48.5 Å². The highest BCUT2D eigenvalue weighted by atomic mass is 32.2. The van der Waals surface area contributed by atoms with E-state index in [1.54, 1.807) is 6.07 Å². The van der Waals surface area contributed by atoms with Crippen molar-refractivity contribution in [3.8, 4) is 5.75 Å². The summed E-state index contributed by atoms with van der Waals surface area (Å²) in [4.78, 5) is 16.0. The lowest BCUT2D eigenvalue weighted by Crippen LogP contribution is -2.09. The van der Waals surface area contributed by atoms with Crippen molar-refractivity contribution in [1.82, 2.24) is 0 Å². The van der Waals surface area contributed by atoms with Crippen LogP contribution in [0.15, 0.2) is 88.4 Å². The number of esters is 1. The number of aliphatic imine (C=N–C) groups is 1. The molecule has 1 aliphatic rings. The molecule has 0 spiro atoms. The summed E-state index contributed by atoms with van der Waals surface area (Å²) in [6.45, 7) is 0. The van der Waals surface area contributed by atoms with Crippen LogP contribution >= 0.6 is 0 Å². The minimum Gasteiger partial charge on any atom is -0.402 e. The van der Waals surface area contributed by atoms with Gasteiger partial charge in [-0.2, -0.15) is 8.42 Å². The summed E-state index contributed by atoms with van der Waals surface area (Å²) < 4.78 is 61.0. The third kappa shape index (κ3) is 4.67. The third-order valence-electron chi connectivity index (χ3n) is 4.18. The van der Waals surface area contributed by atoms with E-state index < -0.39 is 27.7 Å². The van der Waals surface area contributed by atoms with Gasteiger partial charge in [0.25, 0.3) is 0 Å². The molecule has 0 aliphatic carbocycles. The second-order valence-electron chi connectivity index (χ2n) is 6.41. The summed E-state index contributed by atoms with van der Waals surface area (Å²) in [5.74, 6) is -1.73. The van der Waals surface area contributed by atoms with Crippen molar-refractivity contribution >= 4 is 28.1 Å².